The summed E-state index contributed by atoms with van der Waals surface area (Å²) in [6, 6.07) is 3.47. The van der Waals surface area contributed by atoms with E-state index in [1.54, 1.807) is 18.3 Å². The van der Waals surface area contributed by atoms with Gasteiger partial charge in [0, 0.05) is 25.7 Å². The third kappa shape index (κ3) is 7.62. The number of aromatic nitrogens is 1. The van der Waals surface area contributed by atoms with Crippen molar-refractivity contribution in [2.45, 2.75) is 20.8 Å². The summed E-state index contributed by atoms with van der Waals surface area (Å²) in [6.07, 6.45) is 1.61. The molecule has 0 saturated heterocycles. The summed E-state index contributed by atoms with van der Waals surface area (Å²) in [7, 11) is 3.97. The van der Waals surface area contributed by atoms with E-state index in [4.69, 9.17) is 4.74 Å². The number of carbonyl (C=O) groups is 1. The number of pyridine rings is 1. The number of rotatable bonds is 5. The predicted octanol–water partition coefficient (Wildman–Crippen LogP) is 2.01. The van der Waals surface area contributed by atoms with E-state index in [1.807, 2.05) is 32.8 Å². The van der Waals surface area contributed by atoms with Crippen molar-refractivity contribution in [1.82, 2.24) is 9.88 Å². The third-order valence-electron chi connectivity index (χ3n) is 1.84. The second-order valence-corrected chi connectivity index (χ2v) is 3.71. The monoisotopic (exact) mass is 253 g/mol. The number of likely N-dealkylation sites (N-methyl/N-ethyl adjacent to an activating group) is 1. The van der Waals surface area contributed by atoms with Crippen molar-refractivity contribution in [3.05, 3.63) is 18.3 Å². The maximum absolute atomic E-state index is 10.8. The molecule has 5 heteroatoms. The van der Waals surface area contributed by atoms with E-state index in [-0.39, 0.29) is 5.91 Å². The van der Waals surface area contributed by atoms with Gasteiger partial charge in [-0.3, -0.25) is 4.79 Å². The zero-order valence-corrected chi connectivity index (χ0v) is 11.9. The van der Waals surface area contributed by atoms with Gasteiger partial charge in [0.15, 0.2) is 0 Å². The standard InChI is InChI=1S/C11H17N3O2.C2H6/c1-9(15)13-11-8-10(4-5-12-11)16-7-6-14(2)3;1-2/h4-5,8H,6-7H2,1-3H3,(H,12,13,15);1-2H3. The van der Waals surface area contributed by atoms with E-state index in [9.17, 15) is 4.79 Å². The van der Waals surface area contributed by atoms with E-state index in [0.29, 0.717) is 18.2 Å². The molecule has 0 saturated carbocycles. The molecule has 0 fully saturated rings. The van der Waals surface area contributed by atoms with Crippen molar-refractivity contribution in [1.29, 1.82) is 0 Å². The Morgan fingerprint density at radius 2 is 2.11 bits per heavy atom. The molecule has 102 valence electrons. The minimum Gasteiger partial charge on any atom is -0.492 e. The van der Waals surface area contributed by atoms with Crippen LogP contribution in [0, 0.1) is 0 Å². The average molecular weight is 253 g/mol. The number of carbonyl (C=O) groups excluding carboxylic acids is 1. The lowest BCUT2D eigenvalue weighted by Gasteiger charge is -2.11. The zero-order valence-electron chi connectivity index (χ0n) is 11.9. The molecule has 0 aliphatic carbocycles. The molecular weight excluding hydrogens is 230 g/mol. The number of ether oxygens (including phenoxy) is 1. The van der Waals surface area contributed by atoms with Gasteiger partial charge in [0.25, 0.3) is 0 Å². The number of hydrogen-bond donors (Lipinski definition) is 1. The summed E-state index contributed by atoms with van der Waals surface area (Å²) < 4.78 is 5.51. The fraction of sp³-hybridized carbons (Fsp3) is 0.538. The molecular formula is C13H23N3O2. The summed E-state index contributed by atoms with van der Waals surface area (Å²) >= 11 is 0. The van der Waals surface area contributed by atoms with Crippen LogP contribution in [0.15, 0.2) is 18.3 Å². The topological polar surface area (TPSA) is 54.5 Å². The van der Waals surface area contributed by atoms with Crippen LogP contribution in [0.4, 0.5) is 5.82 Å². The van der Waals surface area contributed by atoms with Crippen molar-refractivity contribution < 1.29 is 9.53 Å². The Bertz CT molecular complexity index is 354. The first-order valence-electron chi connectivity index (χ1n) is 6.09. The molecule has 0 aliphatic rings. The molecule has 1 aromatic heterocycles. The van der Waals surface area contributed by atoms with Gasteiger partial charge in [-0.2, -0.15) is 0 Å². The van der Waals surface area contributed by atoms with Crippen molar-refractivity contribution >= 4 is 11.7 Å². The molecule has 1 heterocycles. The highest BCUT2D eigenvalue weighted by Gasteiger charge is 2.00. The van der Waals surface area contributed by atoms with Gasteiger partial charge in [-0.15, -0.1) is 0 Å². The largest absolute Gasteiger partial charge is 0.492 e. The van der Waals surface area contributed by atoms with Gasteiger partial charge < -0.3 is 15.0 Å². The lowest BCUT2D eigenvalue weighted by Crippen LogP contribution is -2.19. The number of hydrogen-bond acceptors (Lipinski definition) is 4. The van der Waals surface area contributed by atoms with Gasteiger partial charge >= 0.3 is 0 Å². The van der Waals surface area contributed by atoms with E-state index in [0.717, 1.165) is 6.54 Å². The Hall–Kier alpha value is -1.62. The Labute approximate surface area is 109 Å². The van der Waals surface area contributed by atoms with Crippen LogP contribution in [0.1, 0.15) is 20.8 Å². The first-order chi connectivity index (χ1) is 8.58. The number of nitrogens with one attached hydrogen (secondary N) is 1. The molecule has 0 aromatic carbocycles. The van der Waals surface area contributed by atoms with Crippen LogP contribution < -0.4 is 10.1 Å². The fourth-order valence-electron chi connectivity index (χ4n) is 1.10. The SMILES string of the molecule is CC.CC(=O)Nc1cc(OCCN(C)C)ccn1. The maximum atomic E-state index is 10.8. The van der Waals surface area contributed by atoms with Gasteiger partial charge in [0.05, 0.1) is 0 Å². The maximum Gasteiger partial charge on any atom is 0.222 e. The van der Waals surface area contributed by atoms with E-state index >= 15 is 0 Å². The first kappa shape index (κ1) is 16.4. The Balaban J connectivity index is 0.00000137. The Kier molecular flexibility index (Phi) is 8.57. The van der Waals surface area contributed by atoms with Crippen molar-refractivity contribution in [3.63, 3.8) is 0 Å². The summed E-state index contributed by atoms with van der Waals surface area (Å²) in [5.41, 5.74) is 0. The summed E-state index contributed by atoms with van der Waals surface area (Å²) in [6.45, 7) is 6.90. The van der Waals surface area contributed by atoms with Crippen molar-refractivity contribution in [2.24, 2.45) is 0 Å². The smallest absolute Gasteiger partial charge is 0.222 e. The van der Waals surface area contributed by atoms with Crippen LogP contribution in [-0.4, -0.2) is 43.0 Å². The Morgan fingerprint density at radius 1 is 1.44 bits per heavy atom. The molecule has 18 heavy (non-hydrogen) atoms. The van der Waals surface area contributed by atoms with Gasteiger partial charge in [-0.1, -0.05) is 13.8 Å². The number of amides is 1. The van der Waals surface area contributed by atoms with Crippen LogP contribution in [0.5, 0.6) is 5.75 Å². The average Bonchev–Trinajstić information content (AvgIpc) is 2.31. The minimum atomic E-state index is -0.141. The normalized spacial score (nSPS) is 9.44. The molecule has 1 aromatic rings. The third-order valence-corrected chi connectivity index (χ3v) is 1.84. The molecule has 0 atom stereocenters. The van der Waals surface area contributed by atoms with Crippen LogP contribution in [0.3, 0.4) is 0 Å². The quantitative estimate of drug-likeness (QED) is 0.872. The highest BCUT2D eigenvalue weighted by Crippen LogP contribution is 2.14. The number of anilines is 1. The fourth-order valence-corrected chi connectivity index (χ4v) is 1.10. The molecule has 0 unspecified atom stereocenters. The van der Waals surface area contributed by atoms with Gasteiger partial charge in [0.1, 0.15) is 18.2 Å². The number of nitrogens with zero attached hydrogens (tertiary/aromatic N) is 2. The van der Waals surface area contributed by atoms with E-state index < -0.39 is 0 Å². The first-order valence-corrected chi connectivity index (χ1v) is 6.09. The molecule has 0 bridgehead atoms. The van der Waals surface area contributed by atoms with Crippen LogP contribution in [0.2, 0.25) is 0 Å². The highest BCUT2D eigenvalue weighted by atomic mass is 16.5. The van der Waals surface area contributed by atoms with Crippen molar-refractivity contribution in [3.8, 4) is 5.75 Å². The summed E-state index contributed by atoms with van der Waals surface area (Å²) in [5, 5.41) is 2.60. The highest BCUT2D eigenvalue weighted by molar-refractivity contribution is 5.87. The zero-order chi connectivity index (χ0) is 14.0. The van der Waals surface area contributed by atoms with Crippen molar-refractivity contribution in [2.75, 3.05) is 32.6 Å². The second-order valence-electron chi connectivity index (χ2n) is 3.71. The molecule has 0 spiro atoms. The molecule has 1 amide bonds. The molecule has 0 aliphatic heterocycles. The lowest BCUT2D eigenvalue weighted by atomic mass is 10.4. The second kappa shape index (κ2) is 9.41. The Morgan fingerprint density at radius 3 is 2.67 bits per heavy atom. The van der Waals surface area contributed by atoms with E-state index in [2.05, 4.69) is 10.3 Å². The summed E-state index contributed by atoms with van der Waals surface area (Å²) in [5.74, 6) is 1.08. The van der Waals surface area contributed by atoms with Crippen LogP contribution in [-0.2, 0) is 4.79 Å². The van der Waals surface area contributed by atoms with Gasteiger partial charge in [-0.25, -0.2) is 4.98 Å². The van der Waals surface area contributed by atoms with Crippen LogP contribution in [0.25, 0.3) is 0 Å². The molecule has 1 N–H and O–H groups in total. The predicted molar refractivity (Wildman–Crippen MR) is 73.9 cm³/mol. The molecule has 0 radical (unpaired) electrons. The summed E-state index contributed by atoms with van der Waals surface area (Å²) in [4.78, 5) is 16.9. The minimum absolute atomic E-state index is 0.141. The van der Waals surface area contributed by atoms with Crippen LogP contribution >= 0.6 is 0 Å². The van der Waals surface area contributed by atoms with Gasteiger partial charge in [0.2, 0.25) is 5.91 Å². The lowest BCUT2D eigenvalue weighted by molar-refractivity contribution is -0.114. The van der Waals surface area contributed by atoms with Gasteiger partial charge in [-0.05, 0) is 20.2 Å². The van der Waals surface area contributed by atoms with E-state index in [1.165, 1.54) is 6.92 Å². The molecule has 5 nitrogen and oxygen atoms in total. The molecule has 1 rings (SSSR count).